The molecule has 7 rings (SSSR count). The lowest BCUT2D eigenvalue weighted by atomic mass is 9.61. The first kappa shape index (κ1) is 27.2. The summed E-state index contributed by atoms with van der Waals surface area (Å²) in [5.74, 6) is -2.76. The van der Waals surface area contributed by atoms with Crippen LogP contribution in [0.5, 0.6) is 0 Å². The Labute approximate surface area is 236 Å². The van der Waals surface area contributed by atoms with Gasteiger partial charge in [0, 0.05) is 46.2 Å². The van der Waals surface area contributed by atoms with Gasteiger partial charge in [0.05, 0.1) is 34.5 Å². The second-order valence-electron chi connectivity index (χ2n) is 10.7. The van der Waals surface area contributed by atoms with Crippen LogP contribution in [0.2, 0.25) is 5.02 Å². The lowest BCUT2D eigenvalue weighted by Gasteiger charge is -2.54. The summed E-state index contributed by atoms with van der Waals surface area (Å²) in [6, 6.07) is 10.7. The summed E-state index contributed by atoms with van der Waals surface area (Å²) in [7, 11) is 0. The number of aromatic amines is 1. The van der Waals surface area contributed by atoms with Crippen molar-refractivity contribution in [2.24, 2.45) is 5.41 Å². The SMILES string of the molecule is Cc1cc2[nH]ncc2c(-c2c(-c3ccc4nnccc4c3)nn(C3CC4(CNC4)C3)c2C)c1Cl.O=C(O)C(F)(F)F. The average molecular weight is 584 g/mol. The molecule has 5 aromatic rings. The van der Waals surface area contributed by atoms with Crippen LogP contribution >= 0.6 is 11.6 Å². The number of alkyl halides is 3. The zero-order chi connectivity index (χ0) is 29.1. The van der Waals surface area contributed by atoms with Gasteiger partial charge in [-0.1, -0.05) is 17.7 Å². The quantitative estimate of drug-likeness (QED) is 0.243. The van der Waals surface area contributed by atoms with Crippen LogP contribution in [0.3, 0.4) is 0 Å². The standard InChI is InChI=1S/C26H24ClN7.C2HF3O2/c1-14-7-21-19(11-30-32-21)23(24(14)27)22-15(2)34(18-9-26(10-18)12-28-13-26)33-25(22)17-3-4-20-16(8-17)5-6-29-31-20;3-2(4,5)1(6)7/h3-8,11,18,28H,9-10,12-13H2,1-2H3,(H,30,32);(H,6,7). The minimum absolute atomic E-state index is 0.407. The topological polar surface area (TPSA) is 122 Å². The summed E-state index contributed by atoms with van der Waals surface area (Å²) < 4.78 is 34.0. The summed E-state index contributed by atoms with van der Waals surface area (Å²) in [6.07, 6.45) is 0.837. The molecule has 9 nitrogen and oxygen atoms in total. The summed E-state index contributed by atoms with van der Waals surface area (Å²) >= 11 is 7.00. The molecule has 2 aromatic carbocycles. The van der Waals surface area contributed by atoms with E-state index in [2.05, 4.69) is 55.5 Å². The van der Waals surface area contributed by atoms with Crippen molar-refractivity contribution in [2.45, 2.75) is 38.9 Å². The van der Waals surface area contributed by atoms with E-state index in [9.17, 15) is 13.2 Å². The second kappa shape index (κ2) is 9.81. The number of aromatic nitrogens is 6. The fraction of sp³-hybridized carbons (Fsp3) is 0.321. The molecule has 2 fully saturated rings. The van der Waals surface area contributed by atoms with E-state index in [1.807, 2.05) is 25.3 Å². The van der Waals surface area contributed by atoms with Crippen LogP contribution in [-0.4, -0.2) is 60.5 Å². The van der Waals surface area contributed by atoms with Crippen LogP contribution in [0.25, 0.3) is 44.2 Å². The molecule has 0 atom stereocenters. The molecule has 41 heavy (non-hydrogen) atoms. The first-order valence-electron chi connectivity index (χ1n) is 12.9. The van der Waals surface area contributed by atoms with Crippen molar-refractivity contribution in [3.63, 3.8) is 0 Å². The third-order valence-electron chi connectivity index (χ3n) is 7.98. The molecule has 0 amide bonds. The Morgan fingerprint density at radius 3 is 2.54 bits per heavy atom. The Morgan fingerprint density at radius 2 is 1.88 bits per heavy atom. The van der Waals surface area contributed by atoms with Crippen molar-refractivity contribution in [3.8, 4) is 22.4 Å². The average Bonchev–Trinajstić information content (AvgIpc) is 3.47. The van der Waals surface area contributed by atoms with Gasteiger partial charge in [-0.15, -0.1) is 0 Å². The fourth-order valence-corrected chi connectivity index (χ4v) is 6.09. The Morgan fingerprint density at radius 1 is 1.15 bits per heavy atom. The minimum Gasteiger partial charge on any atom is -0.475 e. The van der Waals surface area contributed by atoms with E-state index in [0.29, 0.717) is 11.5 Å². The van der Waals surface area contributed by atoms with Crippen molar-refractivity contribution in [1.29, 1.82) is 0 Å². The predicted octanol–water partition coefficient (Wildman–Crippen LogP) is 5.86. The highest BCUT2D eigenvalue weighted by Gasteiger charge is 2.50. The first-order chi connectivity index (χ1) is 19.5. The van der Waals surface area contributed by atoms with Crippen LogP contribution in [-0.2, 0) is 4.79 Å². The first-order valence-corrected chi connectivity index (χ1v) is 13.3. The molecule has 0 unspecified atom stereocenters. The number of aryl methyl sites for hydroxylation is 1. The molecule has 3 aromatic heterocycles. The third kappa shape index (κ3) is 4.70. The molecule has 212 valence electrons. The number of benzene rings is 2. The van der Waals surface area contributed by atoms with Crippen LogP contribution in [0, 0.1) is 19.3 Å². The van der Waals surface area contributed by atoms with E-state index in [1.54, 1.807) is 6.20 Å². The van der Waals surface area contributed by atoms with E-state index in [1.165, 1.54) is 0 Å². The summed E-state index contributed by atoms with van der Waals surface area (Å²) in [5, 5.41) is 34.3. The van der Waals surface area contributed by atoms with E-state index in [0.717, 1.165) is 86.4 Å². The number of fused-ring (bicyclic) bond motifs is 2. The number of carboxylic acid groups (broad SMARTS) is 1. The number of hydrogen-bond acceptors (Lipinski definition) is 6. The van der Waals surface area contributed by atoms with Gasteiger partial charge in [0.2, 0.25) is 0 Å². The van der Waals surface area contributed by atoms with Crippen molar-refractivity contribution < 1.29 is 23.1 Å². The van der Waals surface area contributed by atoms with Crippen LogP contribution in [0.15, 0.2) is 42.7 Å². The molecule has 0 radical (unpaired) electrons. The molecule has 4 heterocycles. The van der Waals surface area contributed by atoms with E-state index in [-0.39, 0.29) is 0 Å². The number of halogens is 4. The molecule has 13 heteroatoms. The molecular weight excluding hydrogens is 559 g/mol. The number of carboxylic acids is 1. The van der Waals surface area contributed by atoms with Crippen molar-refractivity contribution >= 4 is 39.4 Å². The van der Waals surface area contributed by atoms with Gasteiger partial charge in [0.1, 0.15) is 5.69 Å². The van der Waals surface area contributed by atoms with Gasteiger partial charge in [-0.05, 0) is 61.9 Å². The van der Waals surface area contributed by atoms with Gasteiger partial charge in [-0.25, -0.2) is 4.79 Å². The van der Waals surface area contributed by atoms with E-state index < -0.39 is 12.1 Å². The number of hydrogen-bond donors (Lipinski definition) is 3. The highest BCUT2D eigenvalue weighted by atomic mass is 35.5. The number of H-pyrrole nitrogens is 1. The number of rotatable bonds is 3. The number of carbonyl (C=O) groups is 1. The Balaban J connectivity index is 0.000000387. The number of nitrogens with zero attached hydrogens (tertiary/aromatic N) is 5. The van der Waals surface area contributed by atoms with Gasteiger partial charge in [-0.2, -0.15) is 33.6 Å². The molecule has 3 N–H and O–H groups in total. The van der Waals surface area contributed by atoms with Crippen LogP contribution < -0.4 is 5.32 Å². The highest BCUT2D eigenvalue weighted by Crippen LogP contribution is 2.53. The van der Waals surface area contributed by atoms with Gasteiger partial charge in [-0.3, -0.25) is 9.78 Å². The van der Waals surface area contributed by atoms with Crippen LogP contribution in [0.1, 0.15) is 30.1 Å². The summed E-state index contributed by atoms with van der Waals surface area (Å²) in [6.45, 7) is 6.45. The molecule has 1 spiro atoms. The Hall–Kier alpha value is -4.03. The molecule has 1 aliphatic heterocycles. The van der Waals surface area contributed by atoms with Gasteiger partial charge in [0.25, 0.3) is 0 Å². The molecule has 1 aliphatic carbocycles. The van der Waals surface area contributed by atoms with Crippen molar-refractivity contribution in [2.75, 3.05) is 13.1 Å². The van der Waals surface area contributed by atoms with E-state index in [4.69, 9.17) is 26.6 Å². The predicted molar refractivity (Wildman–Crippen MR) is 148 cm³/mol. The maximum absolute atomic E-state index is 10.6. The fourth-order valence-electron chi connectivity index (χ4n) is 5.84. The Kier molecular flexibility index (Phi) is 6.50. The Bertz CT molecular complexity index is 1800. The summed E-state index contributed by atoms with van der Waals surface area (Å²) in [5.41, 5.74) is 8.54. The largest absolute Gasteiger partial charge is 0.490 e. The zero-order valence-electron chi connectivity index (χ0n) is 22.1. The second-order valence-corrected chi connectivity index (χ2v) is 11.1. The maximum Gasteiger partial charge on any atom is 0.490 e. The lowest BCUT2D eigenvalue weighted by Crippen LogP contribution is -2.60. The van der Waals surface area contributed by atoms with Gasteiger partial charge in [0.15, 0.2) is 0 Å². The molecule has 2 aliphatic rings. The van der Waals surface area contributed by atoms with Gasteiger partial charge >= 0.3 is 12.1 Å². The third-order valence-corrected chi connectivity index (χ3v) is 8.46. The minimum atomic E-state index is -5.08. The van der Waals surface area contributed by atoms with Gasteiger partial charge < -0.3 is 10.4 Å². The number of nitrogens with one attached hydrogen (secondary N) is 2. The maximum atomic E-state index is 10.6. The monoisotopic (exact) mass is 583 g/mol. The molecule has 0 bridgehead atoms. The highest BCUT2D eigenvalue weighted by molar-refractivity contribution is 6.36. The lowest BCUT2D eigenvalue weighted by molar-refractivity contribution is -0.192. The molecular formula is C28H25ClF3N7O2. The molecule has 1 saturated carbocycles. The van der Waals surface area contributed by atoms with Crippen LogP contribution in [0.4, 0.5) is 13.2 Å². The molecule has 1 saturated heterocycles. The zero-order valence-corrected chi connectivity index (χ0v) is 22.8. The van der Waals surface area contributed by atoms with E-state index >= 15 is 0 Å². The van der Waals surface area contributed by atoms with Crippen molar-refractivity contribution in [3.05, 3.63) is 59.0 Å². The normalized spacial score (nSPS) is 16.3. The smallest absolute Gasteiger partial charge is 0.475 e. The van der Waals surface area contributed by atoms with Crippen molar-refractivity contribution in [1.82, 2.24) is 35.5 Å². The summed E-state index contributed by atoms with van der Waals surface area (Å²) in [4.78, 5) is 8.90. The number of aliphatic carboxylic acids is 1.